The molecule has 4 rings (SSSR count). The van der Waals surface area contributed by atoms with E-state index in [1.165, 1.54) is 11.8 Å². The van der Waals surface area contributed by atoms with Crippen molar-refractivity contribution in [3.8, 4) is 22.9 Å². The van der Waals surface area contributed by atoms with Crippen LogP contribution < -0.4 is 14.2 Å². The molecule has 9 nitrogen and oxygen atoms in total. The first-order valence-electron chi connectivity index (χ1n) is 12.7. The summed E-state index contributed by atoms with van der Waals surface area (Å²) in [5.41, 5.74) is 2.31. The predicted octanol–water partition coefficient (Wildman–Crippen LogP) is 8.13. The summed E-state index contributed by atoms with van der Waals surface area (Å²) in [6, 6.07) is 16.4. The number of halogens is 3. The number of nitrogens with zero attached hydrogens (tertiary/aromatic N) is 4. The van der Waals surface area contributed by atoms with Gasteiger partial charge in [-0.3, -0.25) is 14.7 Å². The number of rotatable bonds is 13. The topological polar surface area (TPSA) is 102 Å². The van der Waals surface area contributed by atoms with E-state index in [2.05, 4.69) is 26.1 Å². The lowest BCUT2D eigenvalue weighted by Crippen LogP contribution is -2.12. The van der Waals surface area contributed by atoms with E-state index >= 15 is 0 Å². The van der Waals surface area contributed by atoms with Gasteiger partial charge in [0, 0.05) is 10.6 Å². The zero-order chi connectivity index (χ0) is 29.5. The van der Waals surface area contributed by atoms with Gasteiger partial charge in [-0.2, -0.15) is 0 Å². The highest BCUT2D eigenvalue weighted by Gasteiger charge is 2.26. The first kappa shape index (κ1) is 31.0. The zero-order valence-electron chi connectivity index (χ0n) is 22.5. The Kier molecular flexibility index (Phi) is 10.8. The van der Waals surface area contributed by atoms with Crippen LogP contribution in [0.2, 0.25) is 10.0 Å². The maximum absolute atomic E-state index is 11.8. The summed E-state index contributed by atoms with van der Waals surface area (Å²) in [6.45, 7) is 6.42. The number of benzene rings is 3. The van der Waals surface area contributed by atoms with E-state index in [4.69, 9.17) is 37.4 Å². The maximum Gasteiger partial charge on any atom is 0.220 e. The predicted molar refractivity (Wildman–Crippen MR) is 164 cm³/mol. The lowest BCUT2D eigenvalue weighted by atomic mass is 10.1. The normalized spacial score (nSPS) is 11.8. The van der Waals surface area contributed by atoms with Gasteiger partial charge in [0.1, 0.15) is 23.4 Å². The van der Waals surface area contributed by atoms with Crippen LogP contribution in [0.25, 0.3) is 5.69 Å². The summed E-state index contributed by atoms with van der Waals surface area (Å²) in [7, 11) is 0. The number of aromatic nitrogens is 3. The van der Waals surface area contributed by atoms with Crippen LogP contribution in [0.1, 0.15) is 36.0 Å². The smallest absolute Gasteiger partial charge is 0.220 e. The fraction of sp³-hybridized carbons (Fsp3) is 0.286. The molecule has 0 fully saturated rings. The highest BCUT2D eigenvalue weighted by atomic mass is 79.9. The molecular weight excluding hydrogens is 655 g/mol. The Hall–Kier alpha value is -2.99. The Balaban J connectivity index is 1.65. The summed E-state index contributed by atoms with van der Waals surface area (Å²) < 4.78 is 20.0. The van der Waals surface area contributed by atoms with Crippen LogP contribution in [0.4, 0.5) is 0 Å². The van der Waals surface area contributed by atoms with Crippen LogP contribution in [-0.4, -0.2) is 39.4 Å². The molecule has 0 N–H and O–H groups in total. The SMILES string of the molecule is CCOc1ccc(-n2c(C)nnc2S[C@@H](C[N+](=O)[O-])c2cc(Br)c(OCc3ccc(Cl)c(Cl)c3)c(OCC)c2)cc1. The first-order valence-corrected chi connectivity index (χ1v) is 15.1. The van der Waals surface area contributed by atoms with Gasteiger partial charge in [-0.05, 0) is 96.4 Å². The molecule has 1 aromatic heterocycles. The molecular formula is C28H27BrCl2N4O5S. The van der Waals surface area contributed by atoms with Crippen molar-refractivity contribution in [3.05, 3.63) is 96.2 Å². The molecule has 0 saturated heterocycles. The van der Waals surface area contributed by atoms with Crippen LogP contribution in [0.3, 0.4) is 0 Å². The van der Waals surface area contributed by atoms with Gasteiger partial charge in [-0.1, -0.05) is 41.0 Å². The maximum atomic E-state index is 11.8. The van der Waals surface area contributed by atoms with Crippen LogP contribution in [0.15, 0.2) is 64.2 Å². The third kappa shape index (κ3) is 7.85. The van der Waals surface area contributed by atoms with Crippen molar-refractivity contribution in [1.82, 2.24) is 14.8 Å². The van der Waals surface area contributed by atoms with Gasteiger partial charge < -0.3 is 14.2 Å². The van der Waals surface area contributed by atoms with Crippen LogP contribution >= 0.6 is 50.9 Å². The molecule has 0 amide bonds. The Bertz CT molecular complexity index is 1520. The first-order chi connectivity index (χ1) is 19.7. The van der Waals surface area contributed by atoms with Crippen molar-refractivity contribution in [1.29, 1.82) is 0 Å². The van der Waals surface area contributed by atoms with Crippen molar-refractivity contribution in [2.75, 3.05) is 19.8 Å². The number of aryl methyl sites for hydroxylation is 1. The number of ether oxygens (including phenoxy) is 3. The third-order valence-corrected chi connectivity index (χ3v) is 8.34. The molecule has 0 aliphatic carbocycles. The van der Waals surface area contributed by atoms with Gasteiger partial charge in [-0.25, -0.2) is 0 Å². The average Bonchev–Trinajstić information content (AvgIpc) is 3.29. The molecule has 0 spiro atoms. The molecule has 4 aromatic rings. The zero-order valence-corrected chi connectivity index (χ0v) is 26.4. The van der Waals surface area contributed by atoms with E-state index < -0.39 is 5.25 Å². The van der Waals surface area contributed by atoms with Crippen molar-refractivity contribution in [3.63, 3.8) is 0 Å². The molecule has 0 saturated carbocycles. The minimum atomic E-state index is -0.602. The van der Waals surface area contributed by atoms with Gasteiger partial charge in [0.05, 0.1) is 27.7 Å². The Morgan fingerprint density at radius 3 is 2.39 bits per heavy atom. The second-order valence-electron chi connectivity index (χ2n) is 8.71. The van der Waals surface area contributed by atoms with Gasteiger partial charge in [0.15, 0.2) is 16.7 Å². The molecule has 0 aliphatic rings. The lowest BCUT2D eigenvalue weighted by molar-refractivity contribution is -0.479. The molecule has 0 radical (unpaired) electrons. The fourth-order valence-electron chi connectivity index (χ4n) is 4.01. The van der Waals surface area contributed by atoms with E-state index in [1.54, 1.807) is 24.3 Å². The van der Waals surface area contributed by atoms with E-state index in [0.29, 0.717) is 55.8 Å². The second kappa shape index (κ2) is 14.3. The van der Waals surface area contributed by atoms with Gasteiger partial charge in [0.25, 0.3) is 0 Å². The van der Waals surface area contributed by atoms with Crippen molar-refractivity contribution < 1.29 is 19.1 Å². The highest BCUT2D eigenvalue weighted by molar-refractivity contribution is 9.10. The van der Waals surface area contributed by atoms with Gasteiger partial charge >= 0.3 is 0 Å². The molecule has 1 atom stereocenters. The minimum absolute atomic E-state index is 0.215. The molecule has 0 bridgehead atoms. The van der Waals surface area contributed by atoms with Gasteiger partial charge in [-0.15, -0.1) is 10.2 Å². The number of nitro groups is 1. The molecule has 3 aromatic carbocycles. The summed E-state index contributed by atoms with van der Waals surface area (Å²) in [4.78, 5) is 11.4. The fourth-order valence-corrected chi connectivity index (χ4v) is 6.06. The summed E-state index contributed by atoms with van der Waals surface area (Å²) in [5, 5.41) is 21.1. The van der Waals surface area contributed by atoms with Gasteiger partial charge in [0.2, 0.25) is 6.54 Å². The summed E-state index contributed by atoms with van der Waals surface area (Å²) in [5.74, 6) is 2.32. The number of hydrogen-bond acceptors (Lipinski definition) is 8. The Morgan fingerprint density at radius 2 is 1.73 bits per heavy atom. The standard InChI is InChI=1S/C28H27BrCl2N4O5S/c1-4-38-21-9-7-20(8-10-21)35-17(3)32-33-28(35)41-26(15-34(36)37)19-13-22(29)27(25(14-19)39-5-2)40-16-18-6-11-23(30)24(31)12-18/h6-14,26H,4-5,15-16H2,1-3H3/t26-/m0/s1. The summed E-state index contributed by atoms with van der Waals surface area (Å²) >= 11 is 17.0. The monoisotopic (exact) mass is 680 g/mol. The second-order valence-corrected chi connectivity index (χ2v) is 11.6. The van der Waals surface area contributed by atoms with Crippen LogP contribution in [-0.2, 0) is 6.61 Å². The molecule has 0 unspecified atom stereocenters. The van der Waals surface area contributed by atoms with Crippen molar-refractivity contribution >= 4 is 50.9 Å². The van der Waals surface area contributed by atoms with Crippen molar-refractivity contribution in [2.45, 2.75) is 37.8 Å². The van der Waals surface area contributed by atoms with Crippen molar-refractivity contribution in [2.24, 2.45) is 0 Å². The lowest BCUT2D eigenvalue weighted by Gasteiger charge is -2.19. The van der Waals surface area contributed by atoms with Crippen LogP contribution in [0, 0.1) is 17.0 Å². The molecule has 41 heavy (non-hydrogen) atoms. The number of thioether (sulfide) groups is 1. The third-order valence-electron chi connectivity index (χ3n) is 5.83. The number of hydrogen-bond donors (Lipinski definition) is 0. The average molecular weight is 682 g/mol. The molecule has 216 valence electrons. The molecule has 13 heteroatoms. The molecule has 1 heterocycles. The summed E-state index contributed by atoms with van der Waals surface area (Å²) in [6.07, 6.45) is 0. The van der Waals surface area contributed by atoms with Crippen LogP contribution in [0.5, 0.6) is 17.2 Å². The Morgan fingerprint density at radius 1 is 1.00 bits per heavy atom. The minimum Gasteiger partial charge on any atom is -0.494 e. The van der Waals surface area contributed by atoms with E-state index in [0.717, 1.165) is 17.0 Å². The largest absolute Gasteiger partial charge is 0.494 e. The molecule has 0 aliphatic heterocycles. The Labute approximate surface area is 260 Å². The van der Waals surface area contributed by atoms with E-state index in [1.807, 2.05) is 55.7 Å². The van der Waals surface area contributed by atoms with E-state index in [-0.39, 0.29) is 18.1 Å². The van der Waals surface area contributed by atoms with E-state index in [9.17, 15) is 10.1 Å². The highest BCUT2D eigenvalue weighted by Crippen LogP contribution is 2.43. The quantitative estimate of drug-likeness (QED) is 0.0792.